The molecule has 0 aromatic rings. The summed E-state index contributed by atoms with van der Waals surface area (Å²) in [4.78, 5) is 53.2. The van der Waals surface area contributed by atoms with E-state index in [4.69, 9.17) is 0 Å². The smallest absolute Gasteiger partial charge is 0.353 e. The molecule has 0 bridgehead atoms. The molecule has 3 rings (SSSR count). The van der Waals surface area contributed by atoms with Gasteiger partial charge < -0.3 is 30.9 Å². The van der Waals surface area contributed by atoms with Gasteiger partial charge in [-0.2, -0.15) is 0 Å². The Labute approximate surface area is 198 Å². The number of likely N-dealkylation sites (N-methyl/N-ethyl adjacent to an activating group) is 1. The minimum absolute atomic E-state index is 0.00191. The van der Waals surface area contributed by atoms with E-state index in [1.807, 2.05) is 13.8 Å². The highest BCUT2D eigenvalue weighted by Crippen LogP contribution is 2.51. The Morgan fingerprint density at radius 3 is 2.64 bits per heavy atom. The first-order chi connectivity index (χ1) is 15.6. The summed E-state index contributed by atoms with van der Waals surface area (Å²) < 4.78 is 0. The topological polar surface area (TPSA) is 131 Å². The number of rotatable bonds is 10. The Morgan fingerprint density at radius 2 is 2.03 bits per heavy atom. The number of amides is 3. The van der Waals surface area contributed by atoms with Gasteiger partial charge in [-0.3, -0.25) is 14.4 Å². The van der Waals surface area contributed by atoms with Crippen molar-refractivity contribution in [1.82, 2.24) is 25.8 Å². The van der Waals surface area contributed by atoms with Crippen LogP contribution in [0.1, 0.15) is 33.6 Å². The standard InChI is InChI=1S/C22H35N5O5S/c1-6-7-23-10-15(28)25-12(3)16-17-11(2)19(18(22(31)32)27(17)21(16)30)33-13-8-14(24-9-13)20(29)26(4)5/h11-14,16-17,23-24H,6-10H2,1-5H3,(H,25,28)(H,31,32)/t11-,12-,13+,14+,16-,17-/m1/s1. The molecule has 33 heavy (non-hydrogen) atoms. The zero-order valence-corrected chi connectivity index (χ0v) is 20.7. The van der Waals surface area contributed by atoms with Crippen LogP contribution in [0, 0.1) is 11.8 Å². The SMILES string of the molecule is CCCNCC(=O)N[C@H](C)[C@H]1C(=O)N2C(C(=O)O)=C(S[C@@H]3CN[C@H](C(=O)N(C)C)C3)[C@H](C)[C@H]12. The van der Waals surface area contributed by atoms with Crippen LogP contribution in [-0.4, -0.2) is 95.7 Å². The summed E-state index contributed by atoms with van der Waals surface area (Å²) in [5.41, 5.74) is 0.0456. The Kier molecular flexibility index (Phi) is 8.07. The van der Waals surface area contributed by atoms with Crippen LogP contribution in [0.5, 0.6) is 0 Å². The highest BCUT2D eigenvalue weighted by Gasteiger charge is 2.60. The van der Waals surface area contributed by atoms with Crippen LogP contribution in [-0.2, 0) is 19.2 Å². The molecule has 0 saturated carbocycles. The summed E-state index contributed by atoms with van der Waals surface area (Å²) in [6.45, 7) is 7.27. The van der Waals surface area contributed by atoms with Crippen LogP contribution >= 0.6 is 11.8 Å². The average Bonchev–Trinajstić information content (AvgIpc) is 3.29. The van der Waals surface area contributed by atoms with E-state index >= 15 is 0 Å². The van der Waals surface area contributed by atoms with Gasteiger partial charge in [-0.1, -0.05) is 13.8 Å². The third kappa shape index (κ3) is 5.04. The monoisotopic (exact) mass is 481 g/mol. The lowest BCUT2D eigenvalue weighted by atomic mass is 9.78. The van der Waals surface area contributed by atoms with Crippen molar-refractivity contribution in [1.29, 1.82) is 0 Å². The highest BCUT2D eigenvalue weighted by atomic mass is 32.2. The second-order valence-electron chi connectivity index (χ2n) is 9.23. The van der Waals surface area contributed by atoms with E-state index in [2.05, 4.69) is 16.0 Å². The number of thioether (sulfide) groups is 1. The van der Waals surface area contributed by atoms with E-state index in [0.29, 0.717) is 17.9 Å². The number of aliphatic carboxylic acids is 1. The molecule has 0 unspecified atom stereocenters. The molecule has 10 nitrogen and oxygen atoms in total. The number of nitrogens with one attached hydrogen (secondary N) is 3. The molecule has 11 heteroatoms. The molecule has 184 valence electrons. The molecule has 2 saturated heterocycles. The molecule has 3 heterocycles. The van der Waals surface area contributed by atoms with Gasteiger partial charge in [-0.15, -0.1) is 11.8 Å². The zero-order valence-electron chi connectivity index (χ0n) is 19.9. The van der Waals surface area contributed by atoms with E-state index in [1.165, 1.54) is 16.7 Å². The van der Waals surface area contributed by atoms with Gasteiger partial charge in [-0.05, 0) is 26.3 Å². The van der Waals surface area contributed by atoms with Gasteiger partial charge in [0.15, 0.2) is 0 Å². The quantitative estimate of drug-likeness (QED) is 0.250. The summed E-state index contributed by atoms with van der Waals surface area (Å²) >= 11 is 1.46. The number of fused-ring (bicyclic) bond motifs is 1. The molecule has 2 fully saturated rings. The summed E-state index contributed by atoms with van der Waals surface area (Å²) in [7, 11) is 3.43. The van der Waals surface area contributed by atoms with Crippen molar-refractivity contribution in [3.8, 4) is 0 Å². The predicted molar refractivity (Wildman–Crippen MR) is 125 cm³/mol. The Bertz CT molecular complexity index is 847. The van der Waals surface area contributed by atoms with Gasteiger partial charge >= 0.3 is 5.97 Å². The molecular weight excluding hydrogens is 446 g/mol. The first-order valence-electron chi connectivity index (χ1n) is 11.5. The van der Waals surface area contributed by atoms with Crippen molar-refractivity contribution in [2.75, 3.05) is 33.7 Å². The zero-order chi connectivity index (χ0) is 24.4. The van der Waals surface area contributed by atoms with Crippen LogP contribution in [0.3, 0.4) is 0 Å². The van der Waals surface area contributed by atoms with E-state index < -0.39 is 17.9 Å². The van der Waals surface area contributed by atoms with Crippen molar-refractivity contribution >= 4 is 35.5 Å². The number of carboxylic acids is 1. The molecule has 0 aromatic heterocycles. The molecule has 0 spiro atoms. The molecule has 6 atom stereocenters. The number of carboxylic acid groups (broad SMARTS) is 1. The second-order valence-corrected chi connectivity index (χ2v) is 10.6. The second kappa shape index (κ2) is 10.4. The number of hydrogen-bond acceptors (Lipinski definition) is 7. The largest absolute Gasteiger partial charge is 0.477 e. The van der Waals surface area contributed by atoms with Gasteiger partial charge in [0.2, 0.25) is 17.7 Å². The van der Waals surface area contributed by atoms with Gasteiger partial charge in [0.05, 0.1) is 24.5 Å². The number of β-lactam (4-membered cyclic amide) rings is 1. The molecule has 4 N–H and O–H groups in total. The minimum atomic E-state index is -1.12. The fourth-order valence-corrected chi connectivity index (χ4v) is 6.42. The molecule has 3 aliphatic heterocycles. The summed E-state index contributed by atoms with van der Waals surface area (Å²) in [6, 6.07) is -0.976. The summed E-state index contributed by atoms with van der Waals surface area (Å²) in [5.74, 6) is -2.19. The lowest BCUT2D eigenvalue weighted by molar-refractivity contribution is -0.158. The van der Waals surface area contributed by atoms with E-state index in [-0.39, 0.29) is 53.2 Å². The van der Waals surface area contributed by atoms with Crippen molar-refractivity contribution in [2.45, 2.75) is 57.0 Å². The first kappa shape index (κ1) is 25.5. The van der Waals surface area contributed by atoms with Gasteiger partial charge in [0, 0.05) is 42.8 Å². The lowest BCUT2D eigenvalue weighted by Gasteiger charge is -2.47. The number of nitrogens with zero attached hydrogens (tertiary/aromatic N) is 2. The summed E-state index contributed by atoms with van der Waals surface area (Å²) in [5, 5.41) is 19.1. The normalized spacial score (nSPS) is 29.5. The van der Waals surface area contributed by atoms with Gasteiger partial charge in [0.25, 0.3) is 0 Å². The maximum Gasteiger partial charge on any atom is 0.353 e. The summed E-state index contributed by atoms with van der Waals surface area (Å²) in [6.07, 6.45) is 1.52. The molecule has 0 aromatic carbocycles. The maximum atomic E-state index is 13.0. The van der Waals surface area contributed by atoms with Crippen molar-refractivity contribution < 1.29 is 24.3 Å². The van der Waals surface area contributed by atoms with Crippen LogP contribution in [0.2, 0.25) is 0 Å². The number of carbonyl (C=O) groups excluding carboxylic acids is 3. The fraction of sp³-hybridized carbons (Fsp3) is 0.727. The van der Waals surface area contributed by atoms with E-state index in [0.717, 1.165) is 13.0 Å². The third-order valence-corrected chi connectivity index (χ3v) is 8.07. The van der Waals surface area contributed by atoms with Gasteiger partial charge in [-0.25, -0.2) is 4.79 Å². The van der Waals surface area contributed by atoms with Crippen LogP contribution in [0.4, 0.5) is 0 Å². The van der Waals surface area contributed by atoms with Crippen molar-refractivity contribution in [2.24, 2.45) is 11.8 Å². The van der Waals surface area contributed by atoms with Crippen LogP contribution in [0.25, 0.3) is 0 Å². The number of carbonyl (C=O) groups is 4. The van der Waals surface area contributed by atoms with Crippen molar-refractivity contribution in [3.63, 3.8) is 0 Å². The van der Waals surface area contributed by atoms with E-state index in [9.17, 15) is 24.3 Å². The Morgan fingerprint density at radius 1 is 1.33 bits per heavy atom. The average molecular weight is 482 g/mol. The first-order valence-corrected chi connectivity index (χ1v) is 12.4. The van der Waals surface area contributed by atoms with Crippen LogP contribution in [0.15, 0.2) is 10.6 Å². The fourth-order valence-electron chi connectivity index (χ4n) is 4.94. The highest BCUT2D eigenvalue weighted by molar-refractivity contribution is 8.03. The minimum Gasteiger partial charge on any atom is -0.477 e. The Hall–Kier alpha value is -2.11. The van der Waals surface area contributed by atoms with Crippen molar-refractivity contribution in [3.05, 3.63) is 10.6 Å². The molecule has 0 aliphatic carbocycles. The third-order valence-electron chi connectivity index (χ3n) is 6.55. The molecule has 3 aliphatic rings. The molecule has 0 radical (unpaired) electrons. The lowest BCUT2D eigenvalue weighted by Crippen LogP contribution is -2.66. The molecule has 3 amide bonds. The maximum absolute atomic E-state index is 13.0. The molecular formula is C22H35N5O5S. The predicted octanol–water partition coefficient (Wildman–Crippen LogP) is -0.184. The number of hydrogen-bond donors (Lipinski definition) is 4. The van der Waals surface area contributed by atoms with Gasteiger partial charge in [0.1, 0.15) is 5.70 Å². The van der Waals surface area contributed by atoms with E-state index in [1.54, 1.807) is 25.9 Å². The van der Waals surface area contributed by atoms with Crippen LogP contribution < -0.4 is 16.0 Å². The Balaban J connectivity index is 1.68.